The van der Waals surface area contributed by atoms with Gasteiger partial charge in [0, 0.05) is 42.4 Å². The zero-order valence-corrected chi connectivity index (χ0v) is 20.6. The highest BCUT2D eigenvalue weighted by Gasteiger charge is 2.33. The molecule has 7 nitrogen and oxygen atoms in total. The molecule has 1 aliphatic heterocycles. The first-order valence-electron chi connectivity index (χ1n) is 12.3. The topological polar surface area (TPSA) is 80.5 Å². The summed E-state index contributed by atoms with van der Waals surface area (Å²) in [5.41, 5.74) is 0.448. The average Bonchev–Trinajstić information content (AvgIpc) is 3.29. The van der Waals surface area contributed by atoms with Crippen molar-refractivity contribution >= 4 is 6.09 Å². The molecule has 0 saturated carbocycles. The highest BCUT2D eigenvalue weighted by molar-refractivity contribution is 5.79. The van der Waals surface area contributed by atoms with Crippen molar-refractivity contribution < 1.29 is 32.3 Å². The Kier molecular flexibility index (Phi) is 7.23. The molecular weight excluding hydrogens is 516 g/mol. The summed E-state index contributed by atoms with van der Waals surface area (Å²) in [7, 11) is 0. The predicted molar refractivity (Wildman–Crippen MR) is 133 cm³/mol. The molecule has 1 N–H and O–H groups in total. The molecule has 0 atom stereocenters. The van der Waals surface area contributed by atoms with Gasteiger partial charge < -0.3 is 14.8 Å². The van der Waals surface area contributed by atoms with Crippen molar-refractivity contribution in [3.05, 3.63) is 95.8 Å². The lowest BCUT2D eigenvalue weighted by atomic mass is 9.96. The minimum atomic E-state index is -4.58. The van der Waals surface area contributed by atoms with Crippen LogP contribution >= 0.6 is 0 Å². The van der Waals surface area contributed by atoms with Crippen molar-refractivity contribution in [3.63, 3.8) is 0 Å². The van der Waals surface area contributed by atoms with Crippen LogP contribution in [0.2, 0.25) is 0 Å². The van der Waals surface area contributed by atoms with Crippen LogP contribution in [0.25, 0.3) is 22.5 Å². The van der Waals surface area contributed by atoms with Crippen LogP contribution in [0.3, 0.4) is 0 Å². The lowest BCUT2D eigenvalue weighted by Crippen LogP contribution is -2.38. The molecule has 0 spiro atoms. The second kappa shape index (κ2) is 10.8. The van der Waals surface area contributed by atoms with E-state index in [0.29, 0.717) is 25.9 Å². The van der Waals surface area contributed by atoms with Crippen LogP contribution in [0.15, 0.2) is 72.9 Å². The number of piperidine rings is 1. The number of hydrogen-bond donors (Lipinski definition) is 1. The lowest BCUT2D eigenvalue weighted by molar-refractivity contribution is -0.137. The Hall–Kier alpha value is -4.41. The van der Waals surface area contributed by atoms with E-state index in [-0.39, 0.29) is 40.9 Å². The molecule has 0 bridgehead atoms. The molecule has 11 heteroatoms. The van der Waals surface area contributed by atoms with Crippen molar-refractivity contribution in [2.75, 3.05) is 13.1 Å². The number of carbonyl (C=O) groups is 1. The van der Waals surface area contributed by atoms with Gasteiger partial charge in [-0.05, 0) is 36.6 Å². The molecule has 0 aliphatic carbocycles. The second-order valence-electron chi connectivity index (χ2n) is 9.23. The molecule has 39 heavy (non-hydrogen) atoms. The Labute approximate surface area is 221 Å². The molecular formula is C28H24F4N4O3. The van der Waals surface area contributed by atoms with Crippen LogP contribution in [-0.4, -0.2) is 44.0 Å². The Balaban J connectivity index is 1.40. The van der Waals surface area contributed by atoms with Crippen LogP contribution < -0.4 is 0 Å². The van der Waals surface area contributed by atoms with Gasteiger partial charge in [0.2, 0.25) is 5.95 Å². The van der Waals surface area contributed by atoms with Gasteiger partial charge in [0.25, 0.3) is 0 Å². The van der Waals surface area contributed by atoms with Crippen LogP contribution in [0.4, 0.5) is 22.4 Å². The Morgan fingerprint density at radius 3 is 2.44 bits per heavy atom. The number of likely N-dealkylation sites (tertiary alicyclic amines) is 1. The summed E-state index contributed by atoms with van der Waals surface area (Å²) in [4.78, 5) is 22.2. The average molecular weight is 541 g/mol. The summed E-state index contributed by atoms with van der Waals surface area (Å²) in [6, 6.07) is 16.4. The predicted octanol–water partition coefficient (Wildman–Crippen LogP) is 6.52. The van der Waals surface area contributed by atoms with E-state index in [1.165, 1.54) is 24.4 Å². The normalized spacial score (nSPS) is 14.4. The van der Waals surface area contributed by atoms with Crippen molar-refractivity contribution in [3.8, 4) is 22.5 Å². The number of alkyl halides is 3. The maximum atomic E-state index is 14.0. The maximum absolute atomic E-state index is 14.0. The molecule has 1 saturated heterocycles. The number of halogens is 4. The van der Waals surface area contributed by atoms with Gasteiger partial charge in [-0.3, -0.25) is 0 Å². The van der Waals surface area contributed by atoms with Crippen LogP contribution in [0.1, 0.15) is 35.7 Å². The fourth-order valence-electron chi connectivity index (χ4n) is 4.68. The van der Waals surface area contributed by atoms with E-state index in [1.807, 2.05) is 30.3 Å². The molecule has 0 radical (unpaired) electrons. The molecule has 4 aromatic rings. The van der Waals surface area contributed by atoms with E-state index < -0.39 is 23.8 Å². The van der Waals surface area contributed by atoms with Gasteiger partial charge in [-0.25, -0.2) is 14.8 Å². The van der Waals surface area contributed by atoms with Crippen molar-refractivity contribution in [1.29, 1.82) is 0 Å². The van der Waals surface area contributed by atoms with E-state index in [2.05, 4.69) is 9.97 Å². The fourth-order valence-corrected chi connectivity index (χ4v) is 4.68. The van der Waals surface area contributed by atoms with Crippen LogP contribution in [0, 0.1) is 5.95 Å². The Bertz CT molecular complexity index is 1470. The zero-order valence-electron chi connectivity index (χ0n) is 20.6. The zero-order chi connectivity index (χ0) is 27.6. The number of carbonyl (C=O) groups excluding carboxylic acids is 1. The highest BCUT2D eigenvalue weighted by atomic mass is 19.4. The van der Waals surface area contributed by atoms with E-state index in [9.17, 15) is 27.6 Å². The van der Waals surface area contributed by atoms with Crippen molar-refractivity contribution in [2.24, 2.45) is 0 Å². The number of aromatic nitrogens is 3. The molecule has 1 fully saturated rings. The second-order valence-corrected chi connectivity index (χ2v) is 9.23. The van der Waals surface area contributed by atoms with Crippen LogP contribution in [0.5, 0.6) is 0 Å². The third kappa shape index (κ3) is 5.71. The Morgan fingerprint density at radius 2 is 1.74 bits per heavy atom. The standard InChI is InChI=1S/C28H24F4N4O3/c29-23-16-21(9-12-33-23)25-24(20-7-4-8-22(15-20)28(30,31)32)34-26(36(25)38)19-10-13-35(14-11-19)27(37)39-17-18-5-2-1-3-6-18/h1-9,12,15-16,19,38H,10-11,13-14,17H2. The molecule has 1 aliphatic rings. The summed E-state index contributed by atoms with van der Waals surface area (Å²) in [6.45, 7) is 0.819. The molecule has 202 valence electrons. The summed E-state index contributed by atoms with van der Waals surface area (Å²) >= 11 is 0. The summed E-state index contributed by atoms with van der Waals surface area (Å²) in [5.74, 6) is -0.905. The number of imidazole rings is 1. The van der Waals surface area contributed by atoms with Gasteiger partial charge in [0.15, 0.2) is 0 Å². The van der Waals surface area contributed by atoms with E-state index in [0.717, 1.165) is 28.5 Å². The van der Waals surface area contributed by atoms with E-state index >= 15 is 0 Å². The number of nitrogens with zero attached hydrogens (tertiary/aromatic N) is 4. The van der Waals surface area contributed by atoms with E-state index in [1.54, 1.807) is 4.90 Å². The highest BCUT2D eigenvalue weighted by Crippen LogP contribution is 2.39. The summed E-state index contributed by atoms with van der Waals surface area (Å²) in [6.07, 6.45) is -2.96. The molecule has 5 rings (SSSR count). The van der Waals surface area contributed by atoms with E-state index in [4.69, 9.17) is 4.74 Å². The Morgan fingerprint density at radius 1 is 1.00 bits per heavy atom. The SMILES string of the molecule is O=C(OCc1ccccc1)N1CCC(c2nc(-c3cccc(C(F)(F)F)c3)c(-c3ccnc(F)c3)n2O)CC1. The van der Waals surface area contributed by atoms with Gasteiger partial charge in [-0.2, -0.15) is 22.3 Å². The van der Waals surface area contributed by atoms with Crippen LogP contribution in [-0.2, 0) is 17.5 Å². The van der Waals surface area contributed by atoms with Gasteiger partial charge in [0.1, 0.15) is 23.8 Å². The fraction of sp³-hybridized carbons (Fsp3) is 0.250. The molecule has 3 heterocycles. The lowest BCUT2D eigenvalue weighted by Gasteiger charge is -2.30. The summed E-state index contributed by atoms with van der Waals surface area (Å²) < 4.78 is 60.4. The maximum Gasteiger partial charge on any atom is 0.416 e. The number of hydrogen-bond acceptors (Lipinski definition) is 5. The monoisotopic (exact) mass is 540 g/mol. The number of pyridine rings is 1. The minimum absolute atomic E-state index is 0.0512. The molecule has 2 aromatic heterocycles. The number of amides is 1. The smallest absolute Gasteiger partial charge is 0.416 e. The van der Waals surface area contributed by atoms with Crippen molar-refractivity contribution in [2.45, 2.75) is 31.5 Å². The first-order valence-corrected chi connectivity index (χ1v) is 12.3. The number of rotatable bonds is 5. The molecule has 1 amide bonds. The number of ether oxygens (including phenoxy) is 1. The van der Waals surface area contributed by atoms with Gasteiger partial charge >= 0.3 is 12.3 Å². The van der Waals surface area contributed by atoms with Crippen molar-refractivity contribution in [1.82, 2.24) is 19.6 Å². The summed E-state index contributed by atoms with van der Waals surface area (Å²) in [5, 5.41) is 11.2. The number of benzene rings is 2. The van der Waals surface area contributed by atoms with Gasteiger partial charge in [-0.1, -0.05) is 42.5 Å². The first kappa shape index (κ1) is 26.2. The quantitative estimate of drug-likeness (QED) is 0.177. The van der Waals surface area contributed by atoms with Gasteiger partial charge in [0.05, 0.1) is 5.56 Å². The first-order chi connectivity index (χ1) is 18.7. The largest absolute Gasteiger partial charge is 0.445 e. The minimum Gasteiger partial charge on any atom is -0.445 e. The third-order valence-electron chi connectivity index (χ3n) is 6.67. The third-order valence-corrected chi connectivity index (χ3v) is 6.67. The van der Waals surface area contributed by atoms with Gasteiger partial charge in [-0.15, -0.1) is 0 Å². The molecule has 0 unspecified atom stereocenters. The molecule has 2 aromatic carbocycles.